The molecule has 26 heavy (non-hydrogen) atoms. The lowest BCUT2D eigenvalue weighted by Gasteiger charge is -2.09. The van der Waals surface area contributed by atoms with Crippen molar-refractivity contribution < 1.29 is 4.74 Å². The van der Waals surface area contributed by atoms with Crippen molar-refractivity contribution in [2.45, 2.75) is 6.42 Å². The first-order valence-corrected chi connectivity index (χ1v) is 8.24. The molecule has 6 nitrogen and oxygen atoms in total. The molecule has 0 aliphatic carbocycles. The molecule has 0 aliphatic heterocycles. The maximum absolute atomic E-state index is 8.97. The van der Waals surface area contributed by atoms with E-state index in [9.17, 15) is 0 Å². The van der Waals surface area contributed by atoms with E-state index in [0.29, 0.717) is 11.5 Å². The Labute approximate surface area is 152 Å². The van der Waals surface area contributed by atoms with Gasteiger partial charge in [-0.3, -0.25) is 0 Å². The normalized spacial score (nSPS) is 10.0. The van der Waals surface area contributed by atoms with Gasteiger partial charge >= 0.3 is 0 Å². The molecule has 0 amide bonds. The van der Waals surface area contributed by atoms with Crippen LogP contribution < -0.4 is 15.4 Å². The predicted octanol–water partition coefficient (Wildman–Crippen LogP) is 3.76. The zero-order valence-electron chi connectivity index (χ0n) is 14.4. The fraction of sp³-hybridized carbons (Fsp3) is 0.150. The fourth-order valence-electron chi connectivity index (χ4n) is 2.44. The van der Waals surface area contributed by atoms with Crippen molar-refractivity contribution in [3.05, 3.63) is 71.9 Å². The highest BCUT2D eigenvalue weighted by Gasteiger charge is 2.02. The van der Waals surface area contributed by atoms with Crippen LogP contribution in [0, 0.1) is 11.3 Å². The molecule has 0 atom stereocenters. The third-order valence-corrected chi connectivity index (χ3v) is 3.78. The van der Waals surface area contributed by atoms with Gasteiger partial charge in [0.15, 0.2) is 0 Å². The van der Waals surface area contributed by atoms with Crippen LogP contribution in [0.5, 0.6) is 5.75 Å². The highest BCUT2D eigenvalue weighted by molar-refractivity contribution is 5.57. The summed E-state index contributed by atoms with van der Waals surface area (Å²) in [6, 6.07) is 19.1. The van der Waals surface area contributed by atoms with Crippen LogP contribution in [0.1, 0.15) is 11.1 Å². The number of hydrogen-bond acceptors (Lipinski definition) is 6. The van der Waals surface area contributed by atoms with Gasteiger partial charge in [0.25, 0.3) is 0 Å². The molecule has 0 radical (unpaired) electrons. The first-order chi connectivity index (χ1) is 12.8. The predicted molar refractivity (Wildman–Crippen MR) is 102 cm³/mol. The zero-order chi connectivity index (χ0) is 18.2. The first kappa shape index (κ1) is 17.2. The minimum Gasteiger partial charge on any atom is -0.497 e. The van der Waals surface area contributed by atoms with E-state index in [-0.39, 0.29) is 0 Å². The highest BCUT2D eigenvalue weighted by atomic mass is 16.5. The molecule has 0 saturated carbocycles. The van der Waals surface area contributed by atoms with E-state index in [4.69, 9.17) is 10.00 Å². The second-order valence-corrected chi connectivity index (χ2v) is 5.61. The van der Waals surface area contributed by atoms with Gasteiger partial charge in [0.05, 0.1) is 18.7 Å². The lowest BCUT2D eigenvalue weighted by atomic mass is 10.1. The third-order valence-electron chi connectivity index (χ3n) is 3.78. The van der Waals surface area contributed by atoms with E-state index in [1.54, 1.807) is 25.4 Å². The molecular weight excluding hydrogens is 326 g/mol. The molecule has 0 spiro atoms. The van der Waals surface area contributed by atoms with Crippen molar-refractivity contribution in [1.29, 1.82) is 5.26 Å². The van der Waals surface area contributed by atoms with Gasteiger partial charge < -0.3 is 15.4 Å². The SMILES string of the molecule is COc1ccc(CCNc2ccnc(Nc3cccc(C#N)c3)n2)cc1. The van der Waals surface area contributed by atoms with Crippen molar-refractivity contribution in [3.8, 4) is 11.8 Å². The van der Waals surface area contributed by atoms with E-state index in [1.165, 1.54) is 5.56 Å². The summed E-state index contributed by atoms with van der Waals surface area (Å²) >= 11 is 0. The van der Waals surface area contributed by atoms with E-state index < -0.39 is 0 Å². The summed E-state index contributed by atoms with van der Waals surface area (Å²) in [7, 11) is 1.66. The Kier molecular flexibility index (Phi) is 5.63. The molecule has 2 N–H and O–H groups in total. The summed E-state index contributed by atoms with van der Waals surface area (Å²) in [5.74, 6) is 2.08. The van der Waals surface area contributed by atoms with Gasteiger partial charge in [0, 0.05) is 18.4 Å². The summed E-state index contributed by atoms with van der Waals surface area (Å²) < 4.78 is 5.16. The number of rotatable bonds is 7. The largest absolute Gasteiger partial charge is 0.497 e. The number of anilines is 3. The van der Waals surface area contributed by atoms with E-state index in [1.807, 2.05) is 30.3 Å². The van der Waals surface area contributed by atoms with Crippen LogP contribution in [0.3, 0.4) is 0 Å². The van der Waals surface area contributed by atoms with E-state index >= 15 is 0 Å². The number of hydrogen-bond donors (Lipinski definition) is 2. The van der Waals surface area contributed by atoms with Crippen LogP contribution in [-0.2, 0) is 6.42 Å². The van der Waals surface area contributed by atoms with Gasteiger partial charge in [-0.1, -0.05) is 18.2 Å². The monoisotopic (exact) mass is 345 g/mol. The van der Waals surface area contributed by atoms with Gasteiger partial charge in [-0.2, -0.15) is 10.2 Å². The quantitative estimate of drug-likeness (QED) is 0.678. The summed E-state index contributed by atoms with van der Waals surface area (Å²) in [6.07, 6.45) is 2.57. The van der Waals surface area contributed by atoms with Crippen molar-refractivity contribution >= 4 is 17.5 Å². The molecule has 130 valence electrons. The molecule has 0 saturated heterocycles. The zero-order valence-corrected chi connectivity index (χ0v) is 14.4. The number of ether oxygens (including phenoxy) is 1. The number of methoxy groups -OCH3 is 1. The van der Waals surface area contributed by atoms with Crippen molar-refractivity contribution in [1.82, 2.24) is 9.97 Å². The second-order valence-electron chi connectivity index (χ2n) is 5.61. The number of nitriles is 1. The van der Waals surface area contributed by atoms with Crippen LogP contribution in [0.25, 0.3) is 0 Å². The number of benzene rings is 2. The lowest BCUT2D eigenvalue weighted by Crippen LogP contribution is -2.07. The Morgan fingerprint density at radius 1 is 1.12 bits per heavy atom. The summed E-state index contributed by atoms with van der Waals surface area (Å²) in [6.45, 7) is 0.757. The van der Waals surface area contributed by atoms with E-state index in [0.717, 1.165) is 30.2 Å². The second kappa shape index (κ2) is 8.49. The Balaban J connectivity index is 1.57. The van der Waals surface area contributed by atoms with Gasteiger partial charge in [-0.15, -0.1) is 0 Å². The topological polar surface area (TPSA) is 82.9 Å². The van der Waals surface area contributed by atoms with Crippen molar-refractivity contribution in [3.63, 3.8) is 0 Å². The molecule has 0 bridgehead atoms. The number of nitrogens with zero attached hydrogens (tertiary/aromatic N) is 3. The number of aromatic nitrogens is 2. The number of nitrogens with one attached hydrogen (secondary N) is 2. The Morgan fingerprint density at radius 3 is 2.73 bits per heavy atom. The van der Waals surface area contributed by atoms with Gasteiger partial charge in [-0.25, -0.2) is 4.98 Å². The molecule has 6 heteroatoms. The third kappa shape index (κ3) is 4.71. The van der Waals surface area contributed by atoms with Crippen LogP contribution in [0.2, 0.25) is 0 Å². The van der Waals surface area contributed by atoms with Crippen LogP contribution in [0.4, 0.5) is 17.5 Å². The minimum atomic E-state index is 0.481. The molecular formula is C20H19N5O. The van der Waals surface area contributed by atoms with Crippen LogP contribution >= 0.6 is 0 Å². The molecule has 0 aliphatic rings. The molecule has 2 aromatic carbocycles. The maximum atomic E-state index is 8.97. The lowest BCUT2D eigenvalue weighted by molar-refractivity contribution is 0.414. The van der Waals surface area contributed by atoms with Crippen molar-refractivity contribution in [2.75, 3.05) is 24.3 Å². The van der Waals surface area contributed by atoms with Gasteiger partial charge in [0.1, 0.15) is 11.6 Å². The maximum Gasteiger partial charge on any atom is 0.229 e. The summed E-state index contributed by atoms with van der Waals surface area (Å²) in [5, 5.41) is 15.4. The standard InChI is InChI=1S/C20H19N5O/c1-26-18-7-5-15(6-8-18)9-11-22-19-10-12-23-20(25-19)24-17-4-2-3-16(13-17)14-21/h2-8,10,12-13H,9,11H2,1H3,(H2,22,23,24,25). The van der Waals surface area contributed by atoms with Crippen LogP contribution in [0.15, 0.2) is 60.8 Å². The smallest absolute Gasteiger partial charge is 0.229 e. The first-order valence-electron chi connectivity index (χ1n) is 8.24. The molecule has 0 fully saturated rings. The average Bonchev–Trinajstić information content (AvgIpc) is 2.69. The molecule has 1 heterocycles. The Bertz CT molecular complexity index is 903. The van der Waals surface area contributed by atoms with Crippen LogP contribution in [-0.4, -0.2) is 23.6 Å². The average molecular weight is 345 g/mol. The summed E-state index contributed by atoms with van der Waals surface area (Å²) in [5.41, 5.74) is 2.59. The van der Waals surface area contributed by atoms with Gasteiger partial charge in [0.2, 0.25) is 5.95 Å². The van der Waals surface area contributed by atoms with Gasteiger partial charge in [-0.05, 0) is 48.4 Å². The Morgan fingerprint density at radius 2 is 1.96 bits per heavy atom. The van der Waals surface area contributed by atoms with E-state index in [2.05, 4.69) is 38.8 Å². The Hall–Kier alpha value is -3.59. The molecule has 3 rings (SSSR count). The minimum absolute atomic E-state index is 0.481. The molecule has 1 aromatic heterocycles. The van der Waals surface area contributed by atoms with Crippen molar-refractivity contribution in [2.24, 2.45) is 0 Å². The highest BCUT2D eigenvalue weighted by Crippen LogP contribution is 2.16. The molecule has 3 aromatic rings. The fourth-order valence-corrected chi connectivity index (χ4v) is 2.44. The summed E-state index contributed by atoms with van der Waals surface area (Å²) in [4.78, 5) is 8.66. The molecule has 0 unspecified atom stereocenters.